The van der Waals surface area contributed by atoms with E-state index in [9.17, 15) is 13.5 Å². The van der Waals surface area contributed by atoms with Crippen molar-refractivity contribution in [3.63, 3.8) is 0 Å². The number of hydrogen-bond acceptors (Lipinski definition) is 4. The average molecular weight is 383 g/mol. The second-order valence-electron chi connectivity index (χ2n) is 3.74. The maximum absolute atomic E-state index is 12.2. The van der Waals surface area contributed by atoms with Crippen LogP contribution in [0, 0.1) is 6.92 Å². The molecule has 19 heavy (non-hydrogen) atoms. The highest BCUT2D eigenvalue weighted by atomic mass is 79.9. The molecule has 0 bridgehead atoms. The number of halogens is 2. The Kier molecular flexibility index (Phi) is 4.10. The SMILES string of the molecule is Cc1sc(Br)cc1S(=O)(=O)Nc1ccc(Cl)c(O)c1. The van der Waals surface area contributed by atoms with Crippen LogP contribution in [0.1, 0.15) is 4.88 Å². The van der Waals surface area contributed by atoms with Gasteiger partial charge in [-0.3, -0.25) is 4.72 Å². The van der Waals surface area contributed by atoms with Gasteiger partial charge in [-0.25, -0.2) is 8.42 Å². The smallest absolute Gasteiger partial charge is 0.263 e. The third-order valence-corrected chi connectivity index (χ3v) is 5.84. The molecule has 0 spiro atoms. The molecule has 0 atom stereocenters. The lowest BCUT2D eigenvalue weighted by Gasteiger charge is -2.08. The first kappa shape index (κ1) is 14.6. The van der Waals surface area contributed by atoms with Crippen molar-refractivity contribution in [2.45, 2.75) is 11.8 Å². The van der Waals surface area contributed by atoms with Crippen molar-refractivity contribution in [1.29, 1.82) is 0 Å². The normalized spacial score (nSPS) is 11.5. The maximum atomic E-state index is 12.2. The standard InChI is InChI=1S/C11H9BrClNO3S2/c1-6-10(5-11(12)18-6)19(16,17)14-7-2-3-8(13)9(15)4-7/h2-5,14-15H,1H3. The minimum absolute atomic E-state index is 0.164. The fraction of sp³-hybridized carbons (Fsp3) is 0.0909. The van der Waals surface area contributed by atoms with Gasteiger partial charge in [0, 0.05) is 10.9 Å². The van der Waals surface area contributed by atoms with Crippen molar-refractivity contribution in [2.24, 2.45) is 0 Å². The van der Waals surface area contributed by atoms with Gasteiger partial charge >= 0.3 is 0 Å². The lowest BCUT2D eigenvalue weighted by atomic mass is 10.3. The van der Waals surface area contributed by atoms with Crippen LogP contribution in [0.15, 0.2) is 32.9 Å². The number of phenols is 1. The molecule has 2 N–H and O–H groups in total. The van der Waals surface area contributed by atoms with Gasteiger partial charge in [0.1, 0.15) is 10.6 Å². The summed E-state index contributed by atoms with van der Waals surface area (Å²) in [5.74, 6) is -0.176. The third kappa shape index (κ3) is 3.22. The van der Waals surface area contributed by atoms with Gasteiger partial charge < -0.3 is 5.11 Å². The van der Waals surface area contributed by atoms with Crippen molar-refractivity contribution in [3.8, 4) is 5.75 Å². The van der Waals surface area contributed by atoms with Crippen molar-refractivity contribution in [2.75, 3.05) is 4.72 Å². The summed E-state index contributed by atoms with van der Waals surface area (Å²) >= 11 is 10.3. The molecular weight excluding hydrogens is 374 g/mol. The Hall–Kier alpha value is -0.760. The van der Waals surface area contributed by atoms with Crippen LogP contribution in [0.4, 0.5) is 5.69 Å². The molecule has 1 aromatic carbocycles. The Morgan fingerprint density at radius 3 is 2.58 bits per heavy atom. The van der Waals surface area contributed by atoms with Crippen molar-refractivity contribution in [3.05, 3.63) is 38.0 Å². The van der Waals surface area contributed by atoms with Crippen molar-refractivity contribution >= 4 is 54.6 Å². The number of nitrogens with one attached hydrogen (secondary N) is 1. The minimum atomic E-state index is -3.68. The second-order valence-corrected chi connectivity index (χ2v) is 8.44. The molecular formula is C11H9BrClNO3S2. The summed E-state index contributed by atoms with van der Waals surface area (Å²) in [5, 5.41) is 9.62. The van der Waals surface area contributed by atoms with Crippen molar-refractivity contribution < 1.29 is 13.5 Å². The molecule has 4 nitrogen and oxygen atoms in total. The lowest BCUT2D eigenvalue weighted by Crippen LogP contribution is -2.12. The molecule has 1 heterocycles. The van der Waals surface area contributed by atoms with E-state index in [0.29, 0.717) is 4.88 Å². The summed E-state index contributed by atoms with van der Waals surface area (Å²) in [7, 11) is -3.68. The lowest BCUT2D eigenvalue weighted by molar-refractivity contribution is 0.476. The first-order chi connectivity index (χ1) is 8.79. The number of thiophene rings is 1. The van der Waals surface area contributed by atoms with Crippen LogP contribution in [-0.4, -0.2) is 13.5 Å². The summed E-state index contributed by atoms with van der Waals surface area (Å²) in [6.07, 6.45) is 0. The fourth-order valence-electron chi connectivity index (χ4n) is 1.48. The van der Waals surface area contributed by atoms with Crippen LogP contribution in [-0.2, 0) is 10.0 Å². The molecule has 0 amide bonds. The molecule has 102 valence electrons. The Balaban J connectivity index is 2.36. The fourth-order valence-corrected chi connectivity index (χ4v) is 5.07. The van der Waals surface area contributed by atoms with Gasteiger partial charge in [-0.15, -0.1) is 11.3 Å². The van der Waals surface area contributed by atoms with Gasteiger partial charge in [0.15, 0.2) is 0 Å². The Bertz CT molecular complexity index is 728. The van der Waals surface area contributed by atoms with E-state index in [1.54, 1.807) is 6.92 Å². The van der Waals surface area contributed by atoms with Crippen molar-refractivity contribution in [1.82, 2.24) is 0 Å². The van der Waals surface area contributed by atoms with E-state index < -0.39 is 10.0 Å². The monoisotopic (exact) mass is 381 g/mol. The summed E-state index contributed by atoms with van der Waals surface area (Å²) < 4.78 is 27.5. The number of aryl methyl sites for hydroxylation is 1. The molecule has 8 heteroatoms. The molecule has 2 aromatic rings. The zero-order valence-corrected chi connectivity index (χ0v) is 13.6. The topological polar surface area (TPSA) is 66.4 Å². The molecule has 0 saturated heterocycles. The maximum Gasteiger partial charge on any atom is 0.263 e. The summed E-state index contributed by atoms with van der Waals surface area (Å²) in [6.45, 7) is 1.73. The molecule has 0 fully saturated rings. The predicted molar refractivity (Wildman–Crippen MR) is 80.7 cm³/mol. The molecule has 0 aliphatic rings. The van der Waals surface area contributed by atoms with E-state index in [-0.39, 0.29) is 21.4 Å². The van der Waals surface area contributed by atoms with E-state index >= 15 is 0 Å². The summed E-state index contributed by atoms with van der Waals surface area (Å²) in [4.78, 5) is 0.886. The quantitative estimate of drug-likeness (QED) is 0.844. The van der Waals surface area contributed by atoms with Crippen LogP contribution in [0.5, 0.6) is 5.75 Å². The van der Waals surface area contributed by atoms with Gasteiger partial charge in [-0.1, -0.05) is 11.6 Å². The van der Waals surface area contributed by atoms with Crippen LogP contribution in [0.2, 0.25) is 5.02 Å². The number of anilines is 1. The molecule has 2 rings (SSSR count). The first-order valence-corrected chi connectivity index (χ1v) is 8.54. The molecule has 0 unspecified atom stereocenters. The number of hydrogen-bond donors (Lipinski definition) is 2. The summed E-state index contributed by atoms with van der Waals surface area (Å²) in [5.41, 5.74) is 0.253. The average Bonchev–Trinajstić information content (AvgIpc) is 2.63. The van der Waals surface area contributed by atoms with Gasteiger partial charge in [-0.05, 0) is 41.1 Å². The highest BCUT2D eigenvalue weighted by Crippen LogP contribution is 2.32. The van der Waals surface area contributed by atoms with Crippen LogP contribution >= 0.6 is 38.9 Å². The first-order valence-electron chi connectivity index (χ1n) is 5.07. The molecule has 1 aromatic heterocycles. The van der Waals surface area contributed by atoms with Gasteiger partial charge in [-0.2, -0.15) is 0 Å². The number of aromatic hydroxyl groups is 1. The number of phenolic OH excluding ortho intramolecular Hbond substituents is 1. The van der Waals surface area contributed by atoms with Crippen LogP contribution in [0.25, 0.3) is 0 Å². The predicted octanol–water partition coefficient (Wildman–Crippen LogP) is 3.98. The zero-order valence-electron chi connectivity index (χ0n) is 9.65. The van der Waals surface area contributed by atoms with Crippen LogP contribution < -0.4 is 4.72 Å². The molecule has 0 saturated carbocycles. The van der Waals surface area contributed by atoms with E-state index in [1.165, 1.54) is 35.6 Å². The van der Waals surface area contributed by atoms with Gasteiger partial charge in [0.2, 0.25) is 0 Å². The second kappa shape index (κ2) is 5.32. The number of benzene rings is 1. The van der Waals surface area contributed by atoms with E-state index in [0.717, 1.165) is 3.79 Å². The number of sulfonamides is 1. The summed E-state index contributed by atoms with van der Waals surface area (Å²) in [6, 6.07) is 5.70. The van der Waals surface area contributed by atoms with Gasteiger partial charge in [0.05, 0.1) is 14.5 Å². The molecule has 0 radical (unpaired) electrons. The molecule has 0 aliphatic heterocycles. The highest BCUT2D eigenvalue weighted by molar-refractivity contribution is 9.11. The number of rotatable bonds is 3. The minimum Gasteiger partial charge on any atom is -0.506 e. The Labute approximate surface area is 128 Å². The van der Waals surface area contributed by atoms with Crippen LogP contribution in [0.3, 0.4) is 0 Å². The highest BCUT2D eigenvalue weighted by Gasteiger charge is 2.19. The van der Waals surface area contributed by atoms with E-state index in [2.05, 4.69) is 20.7 Å². The largest absolute Gasteiger partial charge is 0.506 e. The Morgan fingerprint density at radius 2 is 2.05 bits per heavy atom. The van der Waals surface area contributed by atoms with Gasteiger partial charge in [0.25, 0.3) is 10.0 Å². The zero-order chi connectivity index (χ0) is 14.2. The van der Waals surface area contributed by atoms with E-state index in [4.69, 9.17) is 11.6 Å². The van der Waals surface area contributed by atoms with E-state index in [1.807, 2.05) is 0 Å². The third-order valence-electron chi connectivity index (χ3n) is 2.33. The molecule has 0 aliphatic carbocycles. The Morgan fingerprint density at radius 1 is 1.37 bits per heavy atom.